The summed E-state index contributed by atoms with van der Waals surface area (Å²) in [5.74, 6) is -0.513. The Labute approximate surface area is 153 Å². The molecular formula is C19H17F3N4O. The first kappa shape index (κ1) is 18.6. The van der Waals surface area contributed by atoms with Gasteiger partial charge in [0.2, 0.25) is 0 Å². The molecule has 0 bridgehead atoms. The lowest BCUT2D eigenvalue weighted by Crippen LogP contribution is -2.27. The van der Waals surface area contributed by atoms with Crippen LogP contribution in [0.1, 0.15) is 40.1 Å². The Morgan fingerprint density at radius 1 is 1.11 bits per heavy atom. The molecule has 8 heteroatoms. The minimum Gasteiger partial charge on any atom is -0.344 e. The summed E-state index contributed by atoms with van der Waals surface area (Å²) in [5.41, 5.74) is 0.861. The average molecular weight is 374 g/mol. The van der Waals surface area contributed by atoms with Crippen LogP contribution in [0.5, 0.6) is 0 Å². The molecule has 140 valence electrons. The van der Waals surface area contributed by atoms with E-state index in [1.807, 2.05) is 38.1 Å². The number of para-hydroxylation sites is 1. The molecule has 0 saturated heterocycles. The summed E-state index contributed by atoms with van der Waals surface area (Å²) in [6.07, 6.45) is -3.35. The van der Waals surface area contributed by atoms with Crippen LogP contribution in [0.3, 0.4) is 0 Å². The van der Waals surface area contributed by atoms with Crippen molar-refractivity contribution < 1.29 is 18.0 Å². The number of carbonyl (C=O) groups is 1. The minimum atomic E-state index is -4.54. The van der Waals surface area contributed by atoms with Gasteiger partial charge in [-0.1, -0.05) is 41.6 Å². The summed E-state index contributed by atoms with van der Waals surface area (Å²) in [4.78, 5) is 12.4. The maximum absolute atomic E-state index is 13.2. The smallest absolute Gasteiger partial charge is 0.344 e. The number of nitrogens with zero attached hydrogens (tertiary/aromatic N) is 3. The predicted molar refractivity (Wildman–Crippen MR) is 93.4 cm³/mol. The lowest BCUT2D eigenvalue weighted by molar-refractivity contribution is -0.137. The fourth-order valence-corrected chi connectivity index (χ4v) is 2.82. The Balaban J connectivity index is 1.83. The highest BCUT2D eigenvalue weighted by Crippen LogP contribution is 2.33. The second-order valence-electron chi connectivity index (χ2n) is 6.11. The highest BCUT2D eigenvalue weighted by atomic mass is 19.4. The van der Waals surface area contributed by atoms with Crippen molar-refractivity contribution in [1.82, 2.24) is 20.3 Å². The van der Waals surface area contributed by atoms with E-state index in [2.05, 4.69) is 15.6 Å². The second kappa shape index (κ2) is 7.22. The number of alkyl halides is 3. The van der Waals surface area contributed by atoms with E-state index in [4.69, 9.17) is 0 Å². The zero-order valence-electron chi connectivity index (χ0n) is 14.7. The quantitative estimate of drug-likeness (QED) is 0.748. The third kappa shape index (κ3) is 3.99. The molecule has 27 heavy (non-hydrogen) atoms. The van der Waals surface area contributed by atoms with Crippen LogP contribution in [-0.4, -0.2) is 20.9 Å². The van der Waals surface area contributed by atoms with Crippen molar-refractivity contribution in [3.63, 3.8) is 0 Å². The van der Waals surface area contributed by atoms with Crippen molar-refractivity contribution in [2.45, 2.75) is 26.1 Å². The van der Waals surface area contributed by atoms with Gasteiger partial charge in [-0.25, -0.2) is 4.68 Å². The molecule has 1 amide bonds. The predicted octanol–water partition coefficient (Wildman–Crippen LogP) is 4.09. The number of carbonyl (C=O) groups excluding carboxylic acids is 1. The Hall–Kier alpha value is -3.16. The van der Waals surface area contributed by atoms with Crippen LogP contribution in [0.4, 0.5) is 13.2 Å². The third-order valence-corrected chi connectivity index (χ3v) is 4.18. The molecule has 0 radical (unpaired) electrons. The normalized spacial score (nSPS) is 12.6. The number of rotatable bonds is 4. The highest BCUT2D eigenvalue weighted by molar-refractivity contribution is 5.92. The van der Waals surface area contributed by atoms with Crippen LogP contribution in [0.2, 0.25) is 0 Å². The fourth-order valence-electron chi connectivity index (χ4n) is 2.82. The maximum atomic E-state index is 13.2. The molecule has 0 aliphatic carbocycles. The van der Waals surface area contributed by atoms with Crippen molar-refractivity contribution in [3.05, 3.63) is 77.1 Å². The summed E-state index contributed by atoms with van der Waals surface area (Å²) < 4.78 is 40.4. The van der Waals surface area contributed by atoms with Crippen LogP contribution in [0.25, 0.3) is 5.69 Å². The van der Waals surface area contributed by atoms with Crippen molar-refractivity contribution in [3.8, 4) is 5.69 Å². The van der Waals surface area contributed by atoms with Crippen molar-refractivity contribution in [2.75, 3.05) is 0 Å². The van der Waals surface area contributed by atoms with Gasteiger partial charge in [0, 0.05) is 0 Å². The van der Waals surface area contributed by atoms with Crippen LogP contribution in [-0.2, 0) is 6.18 Å². The molecule has 0 fully saturated rings. The number of hydrogen-bond acceptors (Lipinski definition) is 3. The number of aryl methyl sites for hydroxylation is 1. The molecule has 0 unspecified atom stereocenters. The zero-order chi connectivity index (χ0) is 19.6. The largest absolute Gasteiger partial charge is 0.418 e. The van der Waals surface area contributed by atoms with Gasteiger partial charge in [-0.05, 0) is 37.1 Å². The van der Waals surface area contributed by atoms with E-state index in [9.17, 15) is 18.0 Å². The first-order chi connectivity index (χ1) is 12.8. The Morgan fingerprint density at radius 3 is 2.48 bits per heavy atom. The summed E-state index contributed by atoms with van der Waals surface area (Å²) in [6.45, 7) is 3.76. The molecule has 5 nitrogen and oxygen atoms in total. The van der Waals surface area contributed by atoms with Crippen molar-refractivity contribution >= 4 is 5.91 Å². The van der Waals surface area contributed by atoms with Crippen LogP contribution in [0.15, 0.2) is 54.7 Å². The zero-order valence-corrected chi connectivity index (χ0v) is 14.7. The molecular weight excluding hydrogens is 357 g/mol. The van der Waals surface area contributed by atoms with E-state index >= 15 is 0 Å². The fraction of sp³-hybridized carbons (Fsp3) is 0.211. The van der Waals surface area contributed by atoms with Gasteiger partial charge >= 0.3 is 6.18 Å². The first-order valence-corrected chi connectivity index (χ1v) is 8.22. The summed E-state index contributed by atoms with van der Waals surface area (Å²) in [6, 6.07) is 12.3. The van der Waals surface area contributed by atoms with Crippen LogP contribution in [0, 0.1) is 6.92 Å². The standard InChI is InChI=1S/C19H17F3N4O/c1-12-7-3-4-8-14(12)13(2)23-18(27)16-11-26(25-24-16)17-10-6-5-9-15(17)19(20,21)22/h3-11,13H,1-2H3,(H,23,27)/t13-/m0/s1. The minimum absolute atomic E-state index is 0.0626. The first-order valence-electron chi connectivity index (χ1n) is 8.22. The van der Waals surface area contributed by atoms with Gasteiger partial charge in [-0.2, -0.15) is 13.2 Å². The van der Waals surface area contributed by atoms with Gasteiger partial charge < -0.3 is 5.32 Å². The highest BCUT2D eigenvalue weighted by Gasteiger charge is 2.34. The molecule has 2 aromatic carbocycles. The molecule has 0 saturated carbocycles. The Kier molecular flexibility index (Phi) is 4.98. The summed E-state index contributed by atoms with van der Waals surface area (Å²) in [5, 5.41) is 10.2. The average Bonchev–Trinajstić information content (AvgIpc) is 3.11. The van der Waals surface area contributed by atoms with E-state index < -0.39 is 17.6 Å². The Bertz CT molecular complexity index is 965. The van der Waals surface area contributed by atoms with Gasteiger partial charge in [0.05, 0.1) is 23.5 Å². The Morgan fingerprint density at radius 2 is 1.78 bits per heavy atom. The maximum Gasteiger partial charge on any atom is 0.418 e. The number of hydrogen-bond donors (Lipinski definition) is 1. The van der Waals surface area contributed by atoms with Gasteiger partial charge in [0.15, 0.2) is 5.69 Å². The molecule has 1 atom stereocenters. The molecule has 1 aromatic heterocycles. The van der Waals surface area contributed by atoms with Gasteiger partial charge in [0.1, 0.15) is 0 Å². The monoisotopic (exact) mass is 374 g/mol. The topological polar surface area (TPSA) is 59.8 Å². The third-order valence-electron chi connectivity index (χ3n) is 4.18. The molecule has 1 heterocycles. The molecule has 1 N–H and O–H groups in total. The SMILES string of the molecule is Cc1ccccc1[C@H](C)NC(=O)c1cn(-c2ccccc2C(F)(F)F)nn1. The second-order valence-corrected chi connectivity index (χ2v) is 6.11. The van der Waals surface area contributed by atoms with Gasteiger partial charge in [-0.15, -0.1) is 5.10 Å². The van der Waals surface area contributed by atoms with E-state index in [0.717, 1.165) is 21.9 Å². The van der Waals surface area contributed by atoms with E-state index in [-0.39, 0.29) is 17.4 Å². The molecule has 3 aromatic rings. The lowest BCUT2D eigenvalue weighted by atomic mass is 10.0. The van der Waals surface area contributed by atoms with Crippen LogP contribution >= 0.6 is 0 Å². The van der Waals surface area contributed by atoms with Gasteiger partial charge in [0.25, 0.3) is 5.91 Å². The van der Waals surface area contributed by atoms with E-state index in [1.54, 1.807) is 0 Å². The number of benzene rings is 2. The van der Waals surface area contributed by atoms with E-state index in [0.29, 0.717) is 0 Å². The summed E-state index contributed by atoms with van der Waals surface area (Å²) >= 11 is 0. The summed E-state index contributed by atoms with van der Waals surface area (Å²) in [7, 11) is 0. The van der Waals surface area contributed by atoms with Gasteiger partial charge in [-0.3, -0.25) is 4.79 Å². The van der Waals surface area contributed by atoms with Crippen LogP contribution < -0.4 is 5.32 Å². The van der Waals surface area contributed by atoms with E-state index in [1.165, 1.54) is 24.4 Å². The van der Waals surface area contributed by atoms with Crippen molar-refractivity contribution in [2.24, 2.45) is 0 Å². The number of nitrogens with one attached hydrogen (secondary N) is 1. The lowest BCUT2D eigenvalue weighted by Gasteiger charge is -2.15. The molecule has 0 aliphatic rings. The molecule has 3 rings (SSSR count). The number of aromatic nitrogens is 3. The van der Waals surface area contributed by atoms with Crippen molar-refractivity contribution in [1.29, 1.82) is 0 Å². The number of amides is 1. The molecule has 0 spiro atoms. The molecule has 0 aliphatic heterocycles. The number of halogens is 3.